The summed E-state index contributed by atoms with van der Waals surface area (Å²) in [6.07, 6.45) is 1.48. The van der Waals surface area contributed by atoms with Crippen molar-refractivity contribution < 1.29 is 14.3 Å². The summed E-state index contributed by atoms with van der Waals surface area (Å²) in [5, 5.41) is 14.5. The lowest BCUT2D eigenvalue weighted by molar-refractivity contribution is 0.0329. The number of aliphatic hydroxyl groups is 1. The van der Waals surface area contributed by atoms with Crippen LogP contribution in [0.5, 0.6) is 0 Å². The molecule has 6 heteroatoms. The molecule has 3 rings (SSSR count). The molecule has 2 aromatic heterocycles. The highest BCUT2D eigenvalue weighted by molar-refractivity contribution is 6.31. The molecule has 114 valence electrons. The SMILES string of the molecule is CC(O)(CNC(=O)c1cc2cc(Cl)ccc2[nH]1)c1ccco1. The molecule has 22 heavy (non-hydrogen) atoms. The number of hydrogen-bond acceptors (Lipinski definition) is 3. The highest BCUT2D eigenvalue weighted by Gasteiger charge is 2.27. The minimum absolute atomic E-state index is 0.0372. The lowest BCUT2D eigenvalue weighted by atomic mass is 10.0. The number of H-pyrrole nitrogens is 1. The van der Waals surface area contributed by atoms with Gasteiger partial charge in [0.05, 0.1) is 12.8 Å². The summed E-state index contributed by atoms with van der Waals surface area (Å²) in [7, 11) is 0. The molecule has 0 bridgehead atoms. The highest BCUT2D eigenvalue weighted by Crippen LogP contribution is 2.21. The van der Waals surface area contributed by atoms with E-state index in [9.17, 15) is 9.90 Å². The molecule has 0 aliphatic heterocycles. The summed E-state index contributed by atoms with van der Waals surface area (Å²) < 4.78 is 5.17. The zero-order valence-electron chi connectivity index (χ0n) is 11.9. The van der Waals surface area contributed by atoms with E-state index in [1.807, 2.05) is 6.07 Å². The van der Waals surface area contributed by atoms with E-state index in [1.165, 1.54) is 6.26 Å². The van der Waals surface area contributed by atoms with Crippen LogP contribution in [0.3, 0.4) is 0 Å². The summed E-state index contributed by atoms with van der Waals surface area (Å²) in [5.74, 6) is 0.0929. The molecule has 0 radical (unpaired) electrons. The molecule has 5 nitrogen and oxygen atoms in total. The molecule has 0 fully saturated rings. The number of rotatable bonds is 4. The van der Waals surface area contributed by atoms with Crippen molar-refractivity contribution in [3.05, 3.63) is 59.1 Å². The van der Waals surface area contributed by atoms with Gasteiger partial charge in [-0.2, -0.15) is 0 Å². The highest BCUT2D eigenvalue weighted by atomic mass is 35.5. The molecule has 1 unspecified atom stereocenters. The zero-order chi connectivity index (χ0) is 15.7. The molecule has 0 saturated carbocycles. The topological polar surface area (TPSA) is 78.3 Å². The van der Waals surface area contributed by atoms with E-state index in [2.05, 4.69) is 10.3 Å². The summed E-state index contributed by atoms with van der Waals surface area (Å²) in [4.78, 5) is 15.2. The third kappa shape index (κ3) is 2.86. The van der Waals surface area contributed by atoms with Gasteiger partial charge in [-0.15, -0.1) is 0 Å². The van der Waals surface area contributed by atoms with Gasteiger partial charge in [-0.3, -0.25) is 4.79 Å². The summed E-state index contributed by atoms with van der Waals surface area (Å²) in [6.45, 7) is 1.62. The van der Waals surface area contributed by atoms with Crippen molar-refractivity contribution >= 4 is 28.4 Å². The Bertz CT molecular complexity index is 806. The second-order valence-electron chi connectivity index (χ2n) is 5.35. The molecular formula is C16H15ClN2O3. The van der Waals surface area contributed by atoms with Gasteiger partial charge in [0.15, 0.2) is 0 Å². The van der Waals surface area contributed by atoms with Crippen molar-refractivity contribution in [3.63, 3.8) is 0 Å². The van der Waals surface area contributed by atoms with E-state index in [1.54, 1.807) is 37.3 Å². The maximum absolute atomic E-state index is 12.2. The molecule has 3 aromatic rings. The quantitative estimate of drug-likeness (QED) is 0.692. The van der Waals surface area contributed by atoms with Crippen LogP contribution >= 0.6 is 11.6 Å². The lowest BCUT2D eigenvalue weighted by Crippen LogP contribution is -2.38. The largest absolute Gasteiger partial charge is 0.466 e. The average Bonchev–Trinajstić information content (AvgIpc) is 3.13. The predicted octanol–water partition coefficient (Wildman–Crippen LogP) is 3.05. The average molecular weight is 319 g/mol. The van der Waals surface area contributed by atoms with E-state index >= 15 is 0 Å². The Hall–Kier alpha value is -2.24. The number of hydrogen-bond donors (Lipinski definition) is 3. The fourth-order valence-electron chi connectivity index (χ4n) is 2.25. The molecule has 0 aliphatic rings. The van der Waals surface area contributed by atoms with Crippen LogP contribution in [0.2, 0.25) is 5.02 Å². The fraction of sp³-hybridized carbons (Fsp3) is 0.188. The molecule has 3 N–H and O–H groups in total. The van der Waals surface area contributed by atoms with Crippen molar-refractivity contribution in [1.82, 2.24) is 10.3 Å². The number of carbonyl (C=O) groups is 1. The van der Waals surface area contributed by atoms with Crippen molar-refractivity contribution in [1.29, 1.82) is 0 Å². The number of aromatic nitrogens is 1. The third-order valence-electron chi connectivity index (χ3n) is 3.47. The zero-order valence-corrected chi connectivity index (χ0v) is 12.6. The summed E-state index contributed by atoms with van der Waals surface area (Å²) >= 11 is 5.93. The molecular weight excluding hydrogens is 304 g/mol. The molecule has 1 aromatic carbocycles. The smallest absolute Gasteiger partial charge is 0.267 e. The van der Waals surface area contributed by atoms with Gasteiger partial charge in [0.1, 0.15) is 17.1 Å². The van der Waals surface area contributed by atoms with Crippen LogP contribution in [0, 0.1) is 0 Å². The van der Waals surface area contributed by atoms with Crippen LogP contribution in [0.1, 0.15) is 23.2 Å². The normalized spacial score (nSPS) is 14.0. The molecule has 1 amide bonds. The van der Waals surface area contributed by atoms with Gasteiger partial charge in [-0.25, -0.2) is 0 Å². The van der Waals surface area contributed by atoms with Crippen LogP contribution in [0.15, 0.2) is 47.1 Å². The van der Waals surface area contributed by atoms with Crippen LogP contribution < -0.4 is 5.32 Å². The van der Waals surface area contributed by atoms with Gasteiger partial charge >= 0.3 is 0 Å². The first kappa shape index (κ1) is 14.7. The Morgan fingerprint density at radius 3 is 2.95 bits per heavy atom. The Morgan fingerprint density at radius 2 is 2.23 bits per heavy atom. The van der Waals surface area contributed by atoms with Crippen LogP contribution in [-0.2, 0) is 5.60 Å². The van der Waals surface area contributed by atoms with Gasteiger partial charge in [0, 0.05) is 15.9 Å². The second-order valence-corrected chi connectivity index (χ2v) is 5.78. The van der Waals surface area contributed by atoms with E-state index in [-0.39, 0.29) is 12.5 Å². The van der Waals surface area contributed by atoms with Crippen LogP contribution in [0.25, 0.3) is 10.9 Å². The summed E-state index contributed by atoms with van der Waals surface area (Å²) in [6, 6.07) is 10.4. The number of nitrogens with one attached hydrogen (secondary N) is 2. The van der Waals surface area contributed by atoms with Crippen molar-refractivity contribution in [2.75, 3.05) is 6.54 Å². The second kappa shape index (κ2) is 5.51. The summed E-state index contributed by atoms with van der Waals surface area (Å²) in [5.41, 5.74) is -0.0334. The molecule has 1 atom stereocenters. The van der Waals surface area contributed by atoms with Gasteiger partial charge in [0.2, 0.25) is 0 Å². The molecule has 0 aliphatic carbocycles. The number of benzene rings is 1. The standard InChI is InChI=1S/C16H15ClN2O3/c1-16(21,14-3-2-6-22-14)9-18-15(20)13-8-10-7-11(17)4-5-12(10)19-13/h2-8,19,21H,9H2,1H3,(H,18,20). The minimum atomic E-state index is -1.27. The van der Waals surface area contributed by atoms with E-state index in [0.717, 1.165) is 10.9 Å². The van der Waals surface area contributed by atoms with Crippen LogP contribution in [0.4, 0.5) is 0 Å². The Balaban J connectivity index is 1.73. The number of fused-ring (bicyclic) bond motifs is 1. The number of aromatic amines is 1. The Kier molecular flexibility index (Phi) is 3.68. The van der Waals surface area contributed by atoms with E-state index in [0.29, 0.717) is 16.5 Å². The van der Waals surface area contributed by atoms with E-state index < -0.39 is 5.60 Å². The Morgan fingerprint density at radius 1 is 1.41 bits per heavy atom. The van der Waals surface area contributed by atoms with Crippen molar-refractivity contribution in [2.45, 2.75) is 12.5 Å². The fourth-order valence-corrected chi connectivity index (χ4v) is 2.43. The molecule has 0 saturated heterocycles. The predicted molar refractivity (Wildman–Crippen MR) is 83.9 cm³/mol. The monoisotopic (exact) mass is 318 g/mol. The first-order valence-electron chi connectivity index (χ1n) is 6.78. The van der Waals surface area contributed by atoms with E-state index in [4.69, 9.17) is 16.0 Å². The van der Waals surface area contributed by atoms with Gasteiger partial charge in [-0.1, -0.05) is 11.6 Å². The Labute approximate surface area is 131 Å². The maximum atomic E-state index is 12.2. The lowest BCUT2D eigenvalue weighted by Gasteiger charge is -2.20. The number of halogens is 1. The van der Waals surface area contributed by atoms with Crippen LogP contribution in [-0.4, -0.2) is 22.5 Å². The maximum Gasteiger partial charge on any atom is 0.267 e. The molecule has 0 spiro atoms. The van der Waals surface area contributed by atoms with Gasteiger partial charge in [-0.05, 0) is 43.3 Å². The number of amides is 1. The first-order chi connectivity index (χ1) is 10.5. The number of furan rings is 1. The molecule has 2 heterocycles. The number of carbonyl (C=O) groups excluding carboxylic acids is 1. The van der Waals surface area contributed by atoms with Gasteiger partial charge in [0.25, 0.3) is 5.91 Å². The minimum Gasteiger partial charge on any atom is -0.466 e. The van der Waals surface area contributed by atoms with Crippen molar-refractivity contribution in [2.24, 2.45) is 0 Å². The first-order valence-corrected chi connectivity index (χ1v) is 7.16. The van der Waals surface area contributed by atoms with Crippen molar-refractivity contribution in [3.8, 4) is 0 Å². The third-order valence-corrected chi connectivity index (χ3v) is 3.71. The van der Waals surface area contributed by atoms with Gasteiger partial charge < -0.3 is 19.8 Å².